The summed E-state index contributed by atoms with van der Waals surface area (Å²) >= 11 is 0. The van der Waals surface area contributed by atoms with Crippen molar-refractivity contribution in [2.45, 2.75) is 32.6 Å². The fourth-order valence-corrected chi connectivity index (χ4v) is 3.59. The number of carboxylic acids is 1. The number of hydrogen-bond acceptors (Lipinski definition) is 2. The molecule has 1 N–H and O–H groups in total. The molecule has 0 aliphatic carbocycles. The van der Waals surface area contributed by atoms with Crippen LogP contribution < -0.4 is 4.74 Å². The Hall–Kier alpha value is -3.75. The highest BCUT2D eigenvalue weighted by molar-refractivity contribution is 5.71. The standard InChI is InChI=1S/C28H24F6O3/c1-17(11-12-37-25-9-3-19(4-10-25)13-18(2)26(35)36)20-5-7-21(8-6-20)22-14-23(27(29,30)31)16-24(15-22)28(32,33)34/h3-11,14-16,18H,12-13H2,1-2H3,(H,35,36)/b17-11+. The first-order chi connectivity index (χ1) is 17.2. The van der Waals surface area contributed by atoms with Crippen LogP contribution in [-0.2, 0) is 23.6 Å². The van der Waals surface area contributed by atoms with E-state index < -0.39 is 35.4 Å². The summed E-state index contributed by atoms with van der Waals surface area (Å²) < 4.78 is 84.6. The molecule has 0 aromatic heterocycles. The van der Waals surface area contributed by atoms with Gasteiger partial charge in [-0.1, -0.05) is 43.3 Å². The lowest BCUT2D eigenvalue weighted by molar-refractivity contribution is -0.143. The smallest absolute Gasteiger partial charge is 0.416 e. The van der Waals surface area contributed by atoms with Crippen molar-refractivity contribution in [1.29, 1.82) is 0 Å². The molecule has 9 heteroatoms. The van der Waals surface area contributed by atoms with E-state index in [1.54, 1.807) is 56.3 Å². The third kappa shape index (κ3) is 7.62. The Bertz CT molecular complexity index is 1220. The molecule has 0 spiro atoms. The summed E-state index contributed by atoms with van der Waals surface area (Å²) in [6, 6.07) is 14.8. The SMILES string of the molecule is C/C(=C\COc1ccc(CC(C)C(=O)O)cc1)c1ccc(-c2cc(C(F)(F)F)cc(C(F)(F)F)c2)cc1. The maximum Gasteiger partial charge on any atom is 0.416 e. The minimum absolute atomic E-state index is 0.106. The Morgan fingerprint density at radius 3 is 1.89 bits per heavy atom. The monoisotopic (exact) mass is 522 g/mol. The Labute approximate surface area is 210 Å². The zero-order chi connectivity index (χ0) is 27.4. The van der Waals surface area contributed by atoms with E-state index in [0.29, 0.717) is 24.3 Å². The molecular weight excluding hydrogens is 498 g/mol. The maximum atomic E-state index is 13.2. The summed E-state index contributed by atoms with van der Waals surface area (Å²) in [4.78, 5) is 11.0. The third-order valence-corrected chi connectivity index (χ3v) is 5.79. The number of alkyl halides is 6. The van der Waals surface area contributed by atoms with Crippen molar-refractivity contribution in [3.05, 3.63) is 95.1 Å². The fourth-order valence-electron chi connectivity index (χ4n) is 3.59. The predicted octanol–water partition coefficient (Wildman–Crippen LogP) is 8.14. The Morgan fingerprint density at radius 1 is 0.865 bits per heavy atom. The maximum absolute atomic E-state index is 13.2. The average molecular weight is 522 g/mol. The second kappa shape index (κ2) is 11.1. The number of ether oxygens (including phenoxy) is 1. The second-order valence-electron chi connectivity index (χ2n) is 8.66. The van der Waals surface area contributed by atoms with Crippen LogP contribution in [0, 0.1) is 5.92 Å². The van der Waals surface area contributed by atoms with E-state index in [1.165, 1.54) is 12.1 Å². The van der Waals surface area contributed by atoms with Crippen molar-refractivity contribution in [3.63, 3.8) is 0 Å². The molecule has 0 bridgehead atoms. The minimum atomic E-state index is -4.91. The highest BCUT2D eigenvalue weighted by atomic mass is 19.4. The van der Waals surface area contributed by atoms with Crippen LogP contribution in [0.25, 0.3) is 16.7 Å². The van der Waals surface area contributed by atoms with Gasteiger partial charge in [0.05, 0.1) is 17.0 Å². The van der Waals surface area contributed by atoms with Gasteiger partial charge in [-0.05, 0) is 77.6 Å². The van der Waals surface area contributed by atoms with Gasteiger partial charge in [-0.15, -0.1) is 0 Å². The summed E-state index contributed by atoms with van der Waals surface area (Å²) in [5, 5.41) is 9.00. The van der Waals surface area contributed by atoms with Crippen LogP contribution in [0.15, 0.2) is 72.8 Å². The first-order valence-corrected chi connectivity index (χ1v) is 11.3. The van der Waals surface area contributed by atoms with Crippen LogP contribution in [0.5, 0.6) is 5.75 Å². The summed E-state index contributed by atoms with van der Waals surface area (Å²) in [6.07, 6.45) is -7.62. The van der Waals surface area contributed by atoms with E-state index in [1.807, 2.05) is 0 Å². The molecule has 0 saturated carbocycles. The Kier molecular flexibility index (Phi) is 8.35. The molecule has 1 atom stereocenters. The highest BCUT2D eigenvalue weighted by Crippen LogP contribution is 2.38. The van der Waals surface area contributed by atoms with Gasteiger partial charge in [0.1, 0.15) is 12.4 Å². The van der Waals surface area contributed by atoms with Crippen LogP contribution in [0.3, 0.4) is 0 Å². The van der Waals surface area contributed by atoms with Gasteiger partial charge in [0.2, 0.25) is 0 Å². The molecule has 3 aromatic rings. The minimum Gasteiger partial charge on any atom is -0.490 e. The number of halogens is 6. The van der Waals surface area contributed by atoms with Gasteiger partial charge in [-0.2, -0.15) is 26.3 Å². The number of allylic oxidation sites excluding steroid dienone is 1. The molecule has 196 valence electrons. The normalized spacial score (nSPS) is 13.4. The summed E-state index contributed by atoms with van der Waals surface area (Å²) in [6.45, 7) is 3.66. The van der Waals surface area contributed by atoms with Crippen LogP contribution in [0.2, 0.25) is 0 Å². The fraction of sp³-hybridized carbons (Fsp3) is 0.250. The molecule has 0 fully saturated rings. The van der Waals surface area contributed by atoms with Gasteiger partial charge >= 0.3 is 18.3 Å². The number of rotatable bonds is 8. The van der Waals surface area contributed by atoms with Crippen molar-refractivity contribution in [3.8, 4) is 16.9 Å². The third-order valence-electron chi connectivity index (χ3n) is 5.79. The van der Waals surface area contributed by atoms with E-state index in [9.17, 15) is 31.1 Å². The topological polar surface area (TPSA) is 46.5 Å². The Morgan fingerprint density at radius 2 is 1.41 bits per heavy atom. The number of carboxylic acid groups (broad SMARTS) is 1. The predicted molar refractivity (Wildman–Crippen MR) is 128 cm³/mol. The van der Waals surface area contributed by atoms with Crippen molar-refractivity contribution in [2.75, 3.05) is 6.61 Å². The molecule has 3 rings (SSSR count). The number of carbonyl (C=O) groups is 1. The van der Waals surface area contributed by atoms with E-state index in [-0.39, 0.29) is 23.8 Å². The van der Waals surface area contributed by atoms with Gasteiger partial charge in [-0.25, -0.2) is 0 Å². The molecule has 37 heavy (non-hydrogen) atoms. The summed E-state index contributed by atoms with van der Waals surface area (Å²) in [5.41, 5.74) is -0.274. The molecule has 1 unspecified atom stereocenters. The molecular formula is C28H24F6O3. The average Bonchev–Trinajstić information content (AvgIpc) is 2.83. The zero-order valence-corrected chi connectivity index (χ0v) is 20.0. The van der Waals surface area contributed by atoms with E-state index in [2.05, 4.69) is 0 Å². The lowest BCUT2D eigenvalue weighted by atomic mass is 9.97. The Balaban J connectivity index is 1.70. The molecule has 0 aliphatic rings. The number of aliphatic carboxylic acids is 1. The summed E-state index contributed by atoms with van der Waals surface area (Å²) in [7, 11) is 0. The highest BCUT2D eigenvalue weighted by Gasteiger charge is 2.37. The van der Waals surface area contributed by atoms with Crippen LogP contribution in [-0.4, -0.2) is 17.7 Å². The van der Waals surface area contributed by atoms with Gasteiger partial charge in [0, 0.05) is 0 Å². The molecule has 0 saturated heterocycles. The van der Waals surface area contributed by atoms with Crippen LogP contribution in [0.1, 0.15) is 36.1 Å². The zero-order valence-electron chi connectivity index (χ0n) is 20.0. The van der Waals surface area contributed by atoms with E-state index in [0.717, 1.165) is 16.7 Å². The van der Waals surface area contributed by atoms with Gasteiger partial charge < -0.3 is 9.84 Å². The van der Waals surface area contributed by atoms with E-state index >= 15 is 0 Å². The van der Waals surface area contributed by atoms with Crippen LogP contribution in [0.4, 0.5) is 26.3 Å². The van der Waals surface area contributed by atoms with Crippen LogP contribution >= 0.6 is 0 Å². The van der Waals surface area contributed by atoms with Crippen molar-refractivity contribution in [2.24, 2.45) is 5.92 Å². The molecule has 0 radical (unpaired) electrons. The van der Waals surface area contributed by atoms with Crippen molar-refractivity contribution < 1.29 is 41.0 Å². The lowest BCUT2D eigenvalue weighted by Crippen LogP contribution is -2.12. The lowest BCUT2D eigenvalue weighted by Gasteiger charge is -2.14. The van der Waals surface area contributed by atoms with E-state index in [4.69, 9.17) is 9.84 Å². The number of hydrogen-bond donors (Lipinski definition) is 1. The first-order valence-electron chi connectivity index (χ1n) is 11.3. The molecule has 0 aliphatic heterocycles. The molecule has 0 heterocycles. The first kappa shape index (κ1) is 27.8. The summed E-state index contributed by atoms with van der Waals surface area (Å²) in [5.74, 6) is -0.769. The van der Waals surface area contributed by atoms with Gasteiger partial charge in [-0.3, -0.25) is 4.79 Å². The largest absolute Gasteiger partial charge is 0.490 e. The van der Waals surface area contributed by atoms with Gasteiger partial charge in [0.15, 0.2) is 0 Å². The molecule has 3 aromatic carbocycles. The van der Waals surface area contributed by atoms with Crippen molar-refractivity contribution in [1.82, 2.24) is 0 Å². The molecule has 0 amide bonds. The van der Waals surface area contributed by atoms with Gasteiger partial charge in [0.25, 0.3) is 0 Å². The number of benzene rings is 3. The quantitative estimate of drug-likeness (QED) is 0.304. The second-order valence-corrected chi connectivity index (χ2v) is 8.66. The van der Waals surface area contributed by atoms with Crippen molar-refractivity contribution >= 4 is 11.5 Å². The molecule has 3 nitrogen and oxygen atoms in total.